The van der Waals surface area contributed by atoms with Crippen LogP contribution in [0.5, 0.6) is 0 Å². The second-order valence-electron chi connectivity index (χ2n) is 6.02. The predicted octanol–water partition coefficient (Wildman–Crippen LogP) is 1.75. The topological polar surface area (TPSA) is 41.6 Å². The molecule has 104 valence electrons. The number of amides is 1. The summed E-state index contributed by atoms with van der Waals surface area (Å²) in [7, 11) is 1.77. The van der Waals surface area contributed by atoms with E-state index < -0.39 is 0 Å². The van der Waals surface area contributed by atoms with E-state index in [1.807, 2.05) is 4.90 Å². The van der Waals surface area contributed by atoms with Crippen LogP contribution in [0.4, 0.5) is 0 Å². The van der Waals surface area contributed by atoms with Gasteiger partial charge < -0.3 is 9.64 Å². The lowest BCUT2D eigenvalue weighted by Crippen LogP contribution is -2.54. The molecule has 1 saturated heterocycles. The van der Waals surface area contributed by atoms with Gasteiger partial charge in [0.25, 0.3) is 0 Å². The number of nitrogens with zero attached hydrogens (tertiary/aromatic N) is 1. The smallest absolute Gasteiger partial charge is 0.241 e. The van der Waals surface area contributed by atoms with E-state index in [-0.39, 0.29) is 23.7 Å². The molecular formula is C14H26N2O2. The standard InChI is InChI=1S/C14H26N2O2/c1-5-11-13(17)16(12(15-11)10(2)3)9-14(18-4)7-6-8-14/h10-12,15H,5-9H2,1-4H3. The van der Waals surface area contributed by atoms with Gasteiger partial charge in [-0.3, -0.25) is 10.1 Å². The molecule has 0 aromatic carbocycles. The molecule has 1 heterocycles. The van der Waals surface area contributed by atoms with E-state index in [0.29, 0.717) is 5.92 Å². The fraction of sp³-hybridized carbons (Fsp3) is 0.929. The van der Waals surface area contributed by atoms with E-state index >= 15 is 0 Å². The van der Waals surface area contributed by atoms with E-state index in [4.69, 9.17) is 4.74 Å². The summed E-state index contributed by atoms with van der Waals surface area (Å²) in [5.74, 6) is 0.680. The monoisotopic (exact) mass is 254 g/mol. The number of hydrogen-bond acceptors (Lipinski definition) is 3. The van der Waals surface area contributed by atoms with Gasteiger partial charge in [-0.1, -0.05) is 20.8 Å². The van der Waals surface area contributed by atoms with Crippen molar-refractivity contribution in [1.29, 1.82) is 0 Å². The zero-order chi connectivity index (χ0) is 13.3. The van der Waals surface area contributed by atoms with Crippen LogP contribution in [0.3, 0.4) is 0 Å². The molecule has 0 spiro atoms. The molecule has 1 saturated carbocycles. The Balaban J connectivity index is 2.10. The van der Waals surface area contributed by atoms with Crippen LogP contribution in [0.1, 0.15) is 46.5 Å². The summed E-state index contributed by atoms with van der Waals surface area (Å²) >= 11 is 0. The van der Waals surface area contributed by atoms with Gasteiger partial charge in [0.15, 0.2) is 0 Å². The SMILES string of the molecule is CCC1NC(C(C)C)N(CC2(OC)CCC2)C1=O. The van der Waals surface area contributed by atoms with Crippen molar-refractivity contribution >= 4 is 5.91 Å². The van der Waals surface area contributed by atoms with Gasteiger partial charge in [0.05, 0.1) is 24.4 Å². The van der Waals surface area contributed by atoms with E-state index in [2.05, 4.69) is 26.1 Å². The van der Waals surface area contributed by atoms with Gasteiger partial charge in [-0.05, 0) is 31.6 Å². The van der Waals surface area contributed by atoms with E-state index in [0.717, 1.165) is 25.8 Å². The summed E-state index contributed by atoms with van der Waals surface area (Å²) in [5.41, 5.74) is -0.0763. The predicted molar refractivity (Wildman–Crippen MR) is 71.1 cm³/mol. The summed E-state index contributed by atoms with van der Waals surface area (Å²) in [6.45, 7) is 7.13. The molecule has 0 aromatic heterocycles. The molecule has 4 heteroatoms. The van der Waals surface area contributed by atoms with Crippen LogP contribution >= 0.6 is 0 Å². The van der Waals surface area contributed by atoms with Crippen LogP contribution in [0.15, 0.2) is 0 Å². The lowest BCUT2D eigenvalue weighted by molar-refractivity contribution is -0.141. The maximum absolute atomic E-state index is 12.4. The Morgan fingerprint density at radius 1 is 1.50 bits per heavy atom. The number of nitrogens with one attached hydrogen (secondary N) is 1. The summed E-state index contributed by atoms with van der Waals surface area (Å²) < 4.78 is 5.66. The highest BCUT2D eigenvalue weighted by Crippen LogP contribution is 2.37. The third-order valence-electron chi connectivity index (χ3n) is 4.48. The Labute approximate surface area is 110 Å². The Bertz CT molecular complexity index is 307. The van der Waals surface area contributed by atoms with Crippen LogP contribution in [-0.2, 0) is 9.53 Å². The van der Waals surface area contributed by atoms with Crippen LogP contribution in [-0.4, -0.2) is 42.3 Å². The summed E-state index contributed by atoms with van der Waals surface area (Å²) in [4.78, 5) is 14.4. The normalized spacial score (nSPS) is 30.9. The molecule has 18 heavy (non-hydrogen) atoms. The largest absolute Gasteiger partial charge is 0.376 e. The van der Waals surface area contributed by atoms with Gasteiger partial charge >= 0.3 is 0 Å². The van der Waals surface area contributed by atoms with Crippen molar-refractivity contribution < 1.29 is 9.53 Å². The van der Waals surface area contributed by atoms with E-state index in [1.54, 1.807) is 7.11 Å². The van der Waals surface area contributed by atoms with Crippen molar-refractivity contribution in [2.24, 2.45) is 5.92 Å². The average Bonchev–Trinajstić information content (AvgIpc) is 2.61. The number of carbonyl (C=O) groups is 1. The number of hydrogen-bond donors (Lipinski definition) is 1. The lowest BCUT2D eigenvalue weighted by Gasteiger charge is -2.44. The van der Waals surface area contributed by atoms with Gasteiger partial charge in [-0.2, -0.15) is 0 Å². The molecule has 0 radical (unpaired) electrons. The van der Waals surface area contributed by atoms with Crippen molar-refractivity contribution in [2.45, 2.75) is 64.3 Å². The van der Waals surface area contributed by atoms with Crippen molar-refractivity contribution in [3.05, 3.63) is 0 Å². The molecule has 4 nitrogen and oxygen atoms in total. The summed E-state index contributed by atoms with van der Waals surface area (Å²) in [5, 5.41) is 3.46. The molecule has 2 aliphatic rings. The van der Waals surface area contributed by atoms with Crippen LogP contribution in [0, 0.1) is 5.92 Å². The second-order valence-corrected chi connectivity index (χ2v) is 6.02. The molecule has 2 unspecified atom stereocenters. The summed E-state index contributed by atoms with van der Waals surface area (Å²) in [6.07, 6.45) is 4.39. The highest BCUT2D eigenvalue weighted by atomic mass is 16.5. The summed E-state index contributed by atoms with van der Waals surface area (Å²) in [6, 6.07) is -0.00798. The Morgan fingerprint density at radius 2 is 2.17 bits per heavy atom. The Kier molecular flexibility index (Phi) is 3.97. The third-order valence-corrected chi connectivity index (χ3v) is 4.48. The zero-order valence-corrected chi connectivity index (χ0v) is 12.0. The average molecular weight is 254 g/mol. The molecule has 1 aliphatic carbocycles. The lowest BCUT2D eigenvalue weighted by atomic mass is 9.79. The molecule has 2 fully saturated rings. The van der Waals surface area contributed by atoms with Crippen LogP contribution in [0.25, 0.3) is 0 Å². The number of rotatable bonds is 5. The molecule has 1 amide bonds. The highest BCUT2D eigenvalue weighted by molar-refractivity contribution is 5.84. The number of carbonyl (C=O) groups excluding carboxylic acids is 1. The fourth-order valence-corrected chi connectivity index (χ4v) is 3.03. The Morgan fingerprint density at radius 3 is 2.56 bits per heavy atom. The number of methoxy groups -OCH3 is 1. The second kappa shape index (κ2) is 5.17. The fourth-order valence-electron chi connectivity index (χ4n) is 3.03. The molecule has 1 aliphatic heterocycles. The van der Waals surface area contributed by atoms with E-state index in [1.165, 1.54) is 6.42 Å². The molecular weight excluding hydrogens is 228 g/mol. The van der Waals surface area contributed by atoms with Crippen molar-refractivity contribution in [1.82, 2.24) is 10.2 Å². The van der Waals surface area contributed by atoms with Gasteiger partial charge in [0, 0.05) is 7.11 Å². The molecule has 0 bridgehead atoms. The van der Waals surface area contributed by atoms with Crippen molar-refractivity contribution in [3.63, 3.8) is 0 Å². The van der Waals surface area contributed by atoms with Crippen LogP contribution < -0.4 is 5.32 Å². The first-order chi connectivity index (χ1) is 8.53. The maximum atomic E-state index is 12.4. The van der Waals surface area contributed by atoms with Crippen LogP contribution in [0.2, 0.25) is 0 Å². The van der Waals surface area contributed by atoms with Gasteiger partial charge in [-0.25, -0.2) is 0 Å². The Hall–Kier alpha value is -0.610. The minimum Gasteiger partial charge on any atom is -0.376 e. The molecule has 2 atom stereocenters. The number of ether oxygens (including phenoxy) is 1. The minimum atomic E-state index is -0.0763. The third kappa shape index (κ3) is 2.28. The van der Waals surface area contributed by atoms with E-state index in [9.17, 15) is 4.79 Å². The first-order valence-corrected chi connectivity index (χ1v) is 7.14. The molecule has 2 rings (SSSR count). The van der Waals surface area contributed by atoms with Gasteiger partial charge in [-0.15, -0.1) is 0 Å². The van der Waals surface area contributed by atoms with Gasteiger partial charge in [0.1, 0.15) is 0 Å². The molecule has 0 aromatic rings. The first kappa shape index (κ1) is 13.8. The van der Waals surface area contributed by atoms with Crippen molar-refractivity contribution in [2.75, 3.05) is 13.7 Å². The quantitative estimate of drug-likeness (QED) is 0.812. The minimum absolute atomic E-state index is 0.00798. The molecule has 1 N–H and O–H groups in total. The van der Waals surface area contributed by atoms with Crippen molar-refractivity contribution in [3.8, 4) is 0 Å². The van der Waals surface area contributed by atoms with Gasteiger partial charge in [0.2, 0.25) is 5.91 Å². The maximum Gasteiger partial charge on any atom is 0.241 e. The zero-order valence-electron chi connectivity index (χ0n) is 12.0. The first-order valence-electron chi connectivity index (χ1n) is 7.14. The highest BCUT2D eigenvalue weighted by Gasteiger charge is 2.46.